The van der Waals surface area contributed by atoms with Crippen molar-refractivity contribution in [1.29, 1.82) is 0 Å². The van der Waals surface area contributed by atoms with Gasteiger partial charge in [0.25, 0.3) is 0 Å². The number of hydrogen-bond acceptors (Lipinski definition) is 4. The van der Waals surface area contributed by atoms with Gasteiger partial charge in [-0.15, -0.1) is 11.3 Å². The Morgan fingerprint density at radius 2 is 2.14 bits per heavy atom. The summed E-state index contributed by atoms with van der Waals surface area (Å²) in [5, 5.41) is 6.11. The van der Waals surface area contributed by atoms with Crippen molar-refractivity contribution in [3.05, 3.63) is 45.4 Å². The number of nitrogens with zero attached hydrogens (tertiary/aromatic N) is 1. The molecule has 0 bridgehead atoms. The number of rotatable bonds is 7. The van der Waals surface area contributed by atoms with Crippen LogP contribution < -0.4 is 10.6 Å². The van der Waals surface area contributed by atoms with Crippen LogP contribution >= 0.6 is 27.3 Å². The maximum absolute atomic E-state index is 11.7. The molecule has 2 aromatic rings. The molecule has 0 radical (unpaired) electrons. The molecule has 2 amide bonds. The lowest BCUT2D eigenvalue weighted by atomic mass is 10.1. The van der Waals surface area contributed by atoms with Crippen LogP contribution in [0.15, 0.2) is 34.9 Å². The fourth-order valence-corrected chi connectivity index (χ4v) is 2.92. The molecule has 7 heteroatoms. The lowest BCUT2D eigenvalue weighted by Crippen LogP contribution is -2.29. The summed E-state index contributed by atoms with van der Waals surface area (Å²) in [7, 11) is 1.64. The molecule has 0 aliphatic rings. The van der Waals surface area contributed by atoms with Gasteiger partial charge in [0.05, 0.1) is 0 Å². The molecule has 0 fully saturated rings. The van der Waals surface area contributed by atoms with E-state index >= 15 is 0 Å². The van der Waals surface area contributed by atoms with Crippen LogP contribution in [-0.4, -0.2) is 31.3 Å². The molecule has 22 heavy (non-hydrogen) atoms. The summed E-state index contributed by atoms with van der Waals surface area (Å²) >= 11 is 4.90. The average Bonchev–Trinajstić information content (AvgIpc) is 2.93. The van der Waals surface area contributed by atoms with Gasteiger partial charge < -0.3 is 10.1 Å². The number of urea groups is 1. The molecule has 0 aliphatic carbocycles. The summed E-state index contributed by atoms with van der Waals surface area (Å²) < 4.78 is 5.99. The molecular weight excluding hydrogens is 366 g/mol. The summed E-state index contributed by atoms with van der Waals surface area (Å²) in [4.78, 5) is 17.0. The number of aromatic nitrogens is 1. The number of ether oxygens (including phenoxy) is 1. The van der Waals surface area contributed by atoms with Gasteiger partial charge in [-0.05, 0) is 24.1 Å². The first-order chi connectivity index (χ1) is 10.7. The van der Waals surface area contributed by atoms with E-state index < -0.39 is 0 Å². The summed E-state index contributed by atoms with van der Waals surface area (Å²) in [5.41, 5.74) is 1.21. The number of methoxy groups -OCH3 is 1. The van der Waals surface area contributed by atoms with Crippen LogP contribution in [0.2, 0.25) is 0 Å². The first kappa shape index (κ1) is 16.9. The summed E-state index contributed by atoms with van der Waals surface area (Å²) in [5.74, 6) is 0. The van der Waals surface area contributed by atoms with Gasteiger partial charge in [0, 0.05) is 42.2 Å². The number of thiazole rings is 1. The smallest absolute Gasteiger partial charge is 0.321 e. The Balaban J connectivity index is 1.80. The van der Waals surface area contributed by atoms with Crippen LogP contribution in [0.25, 0.3) is 0 Å². The fourth-order valence-electron chi connectivity index (χ4n) is 1.81. The first-order valence-electron chi connectivity index (χ1n) is 6.90. The zero-order valence-corrected chi connectivity index (χ0v) is 14.7. The molecule has 0 atom stereocenters. The number of benzene rings is 1. The normalized spacial score (nSPS) is 10.5. The predicted octanol–water partition coefficient (Wildman–Crippen LogP) is 3.65. The van der Waals surface area contributed by atoms with E-state index in [1.165, 1.54) is 16.9 Å². The van der Waals surface area contributed by atoms with Crippen molar-refractivity contribution in [2.45, 2.75) is 12.8 Å². The third-order valence-electron chi connectivity index (χ3n) is 2.88. The topological polar surface area (TPSA) is 63.2 Å². The SMILES string of the molecule is COCCCNC(=O)Nc1ncc(Cc2ccc(Br)cc2)s1. The average molecular weight is 384 g/mol. The maximum Gasteiger partial charge on any atom is 0.321 e. The molecule has 2 N–H and O–H groups in total. The van der Waals surface area contributed by atoms with Crippen molar-refractivity contribution >= 4 is 38.4 Å². The van der Waals surface area contributed by atoms with Crippen LogP contribution in [0.1, 0.15) is 16.9 Å². The molecule has 1 aromatic carbocycles. The maximum atomic E-state index is 11.7. The molecule has 0 aliphatic heterocycles. The molecule has 0 unspecified atom stereocenters. The van der Waals surface area contributed by atoms with E-state index in [0.29, 0.717) is 18.3 Å². The Morgan fingerprint density at radius 3 is 2.86 bits per heavy atom. The van der Waals surface area contributed by atoms with E-state index in [2.05, 4.69) is 43.7 Å². The van der Waals surface area contributed by atoms with E-state index in [1.54, 1.807) is 13.3 Å². The van der Waals surface area contributed by atoms with Crippen molar-refractivity contribution in [3.8, 4) is 0 Å². The van der Waals surface area contributed by atoms with E-state index in [1.807, 2.05) is 12.1 Å². The molecule has 2 rings (SSSR count). The van der Waals surface area contributed by atoms with Crippen molar-refractivity contribution in [3.63, 3.8) is 0 Å². The van der Waals surface area contributed by atoms with Gasteiger partial charge in [-0.25, -0.2) is 9.78 Å². The van der Waals surface area contributed by atoms with E-state index in [0.717, 1.165) is 22.2 Å². The molecule has 0 saturated heterocycles. The Kier molecular flexibility index (Phi) is 6.82. The number of nitrogens with one attached hydrogen (secondary N) is 2. The third-order valence-corrected chi connectivity index (χ3v) is 4.32. The Hall–Kier alpha value is -1.44. The number of halogens is 1. The number of amides is 2. The molecule has 5 nitrogen and oxygen atoms in total. The van der Waals surface area contributed by atoms with Crippen molar-refractivity contribution in [2.75, 3.05) is 25.6 Å². The number of carbonyl (C=O) groups is 1. The van der Waals surface area contributed by atoms with Gasteiger partial charge in [-0.1, -0.05) is 28.1 Å². The highest BCUT2D eigenvalue weighted by Gasteiger charge is 2.06. The summed E-state index contributed by atoms with van der Waals surface area (Å²) in [6.07, 6.45) is 3.39. The molecule has 1 heterocycles. The van der Waals surface area contributed by atoms with E-state index in [9.17, 15) is 4.79 Å². The van der Waals surface area contributed by atoms with Gasteiger partial charge in [0.1, 0.15) is 0 Å². The van der Waals surface area contributed by atoms with E-state index in [4.69, 9.17) is 4.74 Å². The monoisotopic (exact) mass is 383 g/mol. The first-order valence-corrected chi connectivity index (χ1v) is 8.51. The Bertz CT molecular complexity index is 601. The minimum absolute atomic E-state index is 0.236. The van der Waals surface area contributed by atoms with Crippen LogP contribution in [0.5, 0.6) is 0 Å². The van der Waals surface area contributed by atoms with E-state index in [-0.39, 0.29) is 6.03 Å². The highest BCUT2D eigenvalue weighted by atomic mass is 79.9. The molecule has 1 aromatic heterocycles. The molecular formula is C15H18BrN3O2S. The number of hydrogen-bond donors (Lipinski definition) is 2. The van der Waals surface area contributed by atoms with Gasteiger partial charge in [-0.3, -0.25) is 5.32 Å². The van der Waals surface area contributed by atoms with Crippen molar-refractivity contribution < 1.29 is 9.53 Å². The molecule has 118 valence electrons. The lowest BCUT2D eigenvalue weighted by molar-refractivity contribution is 0.194. The van der Waals surface area contributed by atoms with Gasteiger partial charge in [-0.2, -0.15) is 0 Å². The highest BCUT2D eigenvalue weighted by molar-refractivity contribution is 9.10. The van der Waals surface area contributed by atoms with Crippen molar-refractivity contribution in [1.82, 2.24) is 10.3 Å². The van der Waals surface area contributed by atoms with Crippen LogP contribution in [0, 0.1) is 0 Å². The van der Waals surface area contributed by atoms with Crippen molar-refractivity contribution in [2.24, 2.45) is 0 Å². The quantitative estimate of drug-likeness (QED) is 0.717. The second-order valence-corrected chi connectivity index (χ2v) is 6.69. The summed E-state index contributed by atoms with van der Waals surface area (Å²) in [6.45, 7) is 1.21. The number of anilines is 1. The second kappa shape index (κ2) is 8.87. The fraction of sp³-hybridized carbons (Fsp3) is 0.333. The van der Waals surface area contributed by atoms with Gasteiger partial charge >= 0.3 is 6.03 Å². The molecule has 0 saturated carbocycles. The standard InChI is InChI=1S/C15H18BrN3O2S/c1-21-8-2-7-17-14(20)19-15-18-10-13(22-15)9-11-3-5-12(16)6-4-11/h3-6,10H,2,7-9H2,1H3,(H2,17,18,19,20). The van der Waals surface area contributed by atoms with Crippen LogP contribution in [0.3, 0.4) is 0 Å². The largest absolute Gasteiger partial charge is 0.385 e. The Labute approximate surface area is 142 Å². The van der Waals surface area contributed by atoms with Crippen LogP contribution in [-0.2, 0) is 11.2 Å². The van der Waals surface area contributed by atoms with Gasteiger partial charge in [0.15, 0.2) is 5.13 Å². The molecule has 0 spiro atoms. The summed E-state index contributed by atoms with van der Waals surface area (Å²) in [6, 6.07) is 7.94. The highest BCUT2D eigenvalue weighted by Crippen LogP contribution is 2.21. The number of carbonyl (C=O) groups excluding carboxylic acids is 1. The third kappa shape index (κ3) is 5.75. The minimum Gasteiger partial charge on any atom is -0.385 e. The lowest BCUT2D eigenvalue weighted by Gasteiger charge is -2.04. The van der Waals surface area contributed by atoms with Gasteiger partial charge in [0.2, 0.25) is 0 Å². The zero-order chi connectivity index (χ0) is 15.8. The zero-order valence-electron chi connectivity index (χ0n) is 12.3. The second-order valence-electron chi connectivity index (χ2n) is 4.66. The Morgan fingerprint density at radius 1 is 1.36 bits per heavy atom. The predicted molar refractivity (Wildman–Crippen MR) is 92.6 cm³/mol. The van der Waals surface area contributed by atoms with Crippen LogP contribution in [0.4, 0.5) is 9.93 Å². The minimum atomic E-state index is -0.236.